The van der Waals surface area contributed by atoms with E-state index in [1.807, 2.05) is 18.2 Å². The third-order valence-electron chi connectivity index (χ3n) is 6.79. The first kappa shape index (κ1) is 23.7. The maximum atomic E-state index is 13.1. The minimum absolute atomic E-state index is 0.0785. The van der Waals surface area contributed by atoms with Crippen molar-refractivity contribution in [3.8, 4) is 0 Å². The van der Waals surface area contributed by atoms with Crippen LogP contribution in [0.4, 0.5) is 0 Å². The molecular formula is C25H29N5O4S. The summed E-state index contributed by atoms with van der Waals surface area (Å²) in [5.41, 5.74) is 2.79. The highest BCUT2D eigenvalue weighted by Crippen LogP contribution is 2.26. The zero-order chi connectivity index (χ0) is 24.6. The Balaban J connectivity index is 1.17. The Hall–Kier alpha value is -3.08. The molecule has 2 aromatic carbocycles. The fraction of sp³-hybridized carbons (Fsp3) is 0.400. The minimum Gasteiger partial charge on any atom is -0.339 e. The zero-order valence-electron chi connectivity index (χ0n) is 19.7. The summed E-state index contributed by atoms with van der Waals surface area (Å²) in [6.07, 6.45) is 3.01. The first-order valence-corrected chi connectivity index (χ1v) is 13.3. The van der Waals surface area contributed by atoms with Crippen LogP contribution in [0.2, 0.25) is 0 Å². The molecule has 0 radical (unpaired) electrons. The number of sulfonamides is 1. The first-order chi connectivity index (χ1) is 16.8. The Bertz CT molecular complexity index is 1430. The first-order valence-electron chi connectivity index (χ1n) is 11.9. The highest BCUT2D eigenvalue weighted by molar-refractivity contribution is 7.89. The van der Waals surface area contributed by atoms with E-state index in [2.05, 4.69) is 9.97 Å². The van der Waals surface area contributed by atoms with Crippen molar-refractivity contribution in [2.45, 2.75) is 30.7 Å². The Morgan fingerprint density at radius 2 is 1.80 bits per heavy atom. The van der Waals surface area contributed by atoms with E-state index in [9.17, 15) is 18.0 Å². The summed E-state index contributed by atoms with van der Waals surface area (Å²) in [5, 5.41) is 0.530. The van der Waals surface area contributed by atoms with E-state index >= 15 is 0 Å². The third-order valence-corrected chi connectivity index (χ3v) is 8.68. The Kier molecular flexibility index (Phi) is 6.43. The Morgan fingerprint density at radius 1 is 1.06 bits per heavy atom. The monoisotopic (exact) mass is 495 g/mol. The average molecular weight is 496 g/mol. The fourth-order valence-electron chi connectivity index (χ4n) is 4.89. The number of benzene rings is 2. The predicted octanol–water partition coefficient (Wildman–Crippen LogP) is 1.38. The largest absolute Gasteiger partial charge is 0.339 e. The summed E-state index contributed by atoms with van der Waals surface area (Å²) in [5.74, 6) is 0.416. The van der Waals surface area contributed by atoms with Crippen molar-refractivity contribution in [2.75, 3.05) is 39.8 Å². The van der Waals surface area contributed by atoms with E-state index in [1.165, 1.54) is 9.87 Å². The van der Waals surface area contributed by atoms with Crippen molar-refractivity contribution in [3.63, 3.8) is 0 Å². The van der Waals surface area contributed by atoms with Gasteiger partial charge in [0, 0.05) is 26.2 Å². The van der Waals surface area contributed by atoms with Gasteiger partial charge in [-0.05, 0) is 61.7 Å². The molecule has 1 N–H and O–H groups in total. The van der Waals surface area contributed by atoms with Gasteiger partial charge in [0.2, 0.25) is 15.9 Å². The van der Waals surface area contributed by atoms with E-state index in [-0.39, 0.29) is 31.1 Å². The Morgan fingerprint density at radius 3 is 2.60 bits per heavy atom. The number of carbonyl (C=O) groups is 1. The molecule has 1 aromatic heterocycles. The molecule has 35 heavy (non-hydrogen) atoms. The van der Waals surface area contributed by atoms with Crippen LogP contribution in [0, 0.1) is 0 Å². The number of likely N-dealkylation sites (N-methyl/N-ethyl adjacent to an activating group) is 1. The number of aryl methyl sites for hydroxylation is 2. The second-order valence-corrected chi connectivity index (χ2v) is 11.2. The van der Waals surface area contributed by atoms with Gasteiger partial charge in [-0.2, -0.15) is 4.31 Å². The molecule has 3 aromatic rings. The van der Waals surface area contributed by atoms with Gasteiger partial charge in [0.05, 0.1) is 28.9 Å². The van der Waals surface area contributed by atoms with Crippen LogP contribution in [0.1, 0.15) is 23.4 Å². The highest BCUT2D eigenvalue weighted by Gasteiger charge is 2.31. The number of piperazine rings is 1. The second-order valence-electron chi connectivity index (χ2n) is 9.27. The highest BCUT2D eigenvalue weighted by atomic mass is 32.2. The molecule has 10 heteroatoms. The molecule has 2 heterocycles. The third kappa shape index (κ3) is 4.86. The molecule has 1 aliphatic heterocycles. The van der Waals surface area contributed by atoms with E-state index in [0.29, 0.717) is 41.3 Å². The average Bonchev–Trinajstić information content (AvgIpc) is 3.32. The smallest absolute Gasteiger partial charge is 0.258 e. The van der Waals surface area contributed by atoms with Crippen LogP contribution in [-0.4, -0.2) is 78.2 Å². The number of aromatic nitrogens is 2. The summed E-state index contributed by atoms with van der Waals surface area (Å²) >= 11 is 0. The molecule has 1 aliphatic carbocycles. The maximum Gasteiger partial charge on any atom is 0.258 e. The van der Waals surface area contributed by atoms with Crippen LogP contribution in [0.3, 0.4) is 0 Å². The van der Waals surface area contributed by atoms with Crippen molar-refractivity contribution >= 4 is 26.8 Å². The van der Waals surface area contributed by atoms with Crippen LogP contribution in [0.25, 0.3) is 10.9 Å². The number of nitrogens with zero attached hydrogens (tertiary/aromatic N) is 4. The quantitative estimate of drug-likeness (QED) is 0.554. The summed E-state index contributed by atoms with van der Waals surface area (Å²) in [7, 11) is -1.78. The predicted molar refractivity (Wildman–Crippen MR) is 133 cm³/mol. The number of para-hydroxylation sites is 1. The van der Waals surface area contributed by atoms with Gasteiger partial charge >= 0.3 is 0 Å². The normalized spacial score (nSPS) is 16.7. The number of hydrogen-bond donors (Lipinski definition) is 1. The van der Waals surface area contributed by atoms with Crippen molar-refractivity contribution in [2.24, 2.45) is 0 Å². The van der Waals surface area contributed by atoms with Crippen molar-refractivity contribution in [3.05, 3.63) is 69.8 Å². The lowest BCUT2D eigenvalue weighted by atomic mass is 10.1. The fourth-order valence-corrected chi connectivity index (χ4v) is 6.36. The summed E-state index contributed by atoms with van der Waals surface area (Å²) in [4.78, 5) is 36.2. The molecule has 9 nitrogen and oxygen atoms in total. The molecule has 5 rings (SSSR count). The standard InChI is InChI=1S/C25H29N5O4S/c1-28(16-23-26-22-8-3-2-7-21(22)25(32)27-23)17-24(31)29-11-13-30(14-12-29)35(33,34)20-10-9-18-5-4-6-19(18)15-20/h2-3,7-10,15H,4-6,11-14,16-17H2,1H3,(H,26,27,32). The number of fused-ring (bicyclic) bond motifs is 2. The molecule has 1 fully saturated rings. The number of carbonyl (C=O) groups excluding carboxylic acids is 1. The van der Waals surface area contributed by atoms with Gasteiger partial charge in [-0.3, -0.25) is 14.5 Å². The van der Waals surface area contributed by atoms with Gasteiger partial charge in [0.15, 0.2) is 0 Å². The molecule has 0 unspecified atom stereocenters. The van der Waals surface area contributed by atoms with Crippen LogP contribution < -0.4 is 5.56 Å². The topological polar surface area (TPSA) is 107 Å². The molecule has 0 spiro atoms. The number of hydrogen-bond acceptors (Lipinski definition) is 6. The van der Waals surface area contributed by atoms with E-state index < -0.39 is 10.0 Å². The molecule has 2 aliphatic rings. The van der Waals surface area contributed by atoms with Crippen LogP contribution in [0.15, 0.2) is 52.2 Å². The molecule has 0 saturated carbocycles. The zero-order valence-corrected chi connectivity index (χ0v) is 20.6. The van der Waals surface area contributed by atoms with Crippen molar-refractivity contribution in [1.29, 1.82) is 0 Å². The number of nitrogens with one attached hydrogen (secondary N) is 1. The van der Waals surface area contributed by atoms with Gasteiger partial charge in [-0.1, -0.05) is 18.2 Å². The summed E-state index contributed by atoms with van der Waals surface area (Å²) in [6, 6.07) is 12.6. The molecule has 0 atom stereocenters. The minimum atomic E-state index is -3.58. The number of rotatable bonds is 6. The van der Waals surface area contributed by atoms with E-state index in [1.54, 1.807) is 41.1 Å². The SMILES string of the molecule is CN(CC(=O)N1CCN(S(=O)(=O)c2ccc3c(c2)CCC3)CC1)Cc1nc2ccccc2c(=O)[nH]1. The maximum absolute atomic E-state index is 13.1. The van der Waals surface area contributed by atoms with Crippen LogP contribution >= 0.6 is 0 Å². The molecule has 1 amide bonds. The summed E-state index contributed by atoms with van der Waals surface area (Å²) < 4.78 is 27.8. The van der Waals surface area contributed by atoms with Gasteiger partial charge < -0.3 is 9.88 Å². The molecule has 0 bridgehead atoms. The van der Waals surface area contributed by atoms with Crippen LogP contribution in [-0.2, 0) is 34.2 Å². The molecule has 1 saturated heterocycles. The number of aromatic amines is 1. The number of amides is 1. The second kappa shape index (κ2) is 9.52. The van der Waals surface area contributed by atoms with Gasteiger partial charge in [0.1, 0.15) is 5.82 Å². The van der Waals surface area contributed by atoms with Gasteiger partial charge in [0.25, 0.3) is 5.56 Å². The van der Waals surface area contributed by atoms with E-state index in [4.69, 9.17) is 0 Å². The van der Waals surface area contributed by atoms with Crippen LogP contribution in [0.5, 0.6) is 0 Å². The van der Waals surface area contributed by atoms with Crippen molar-refractivity contribution in [1.82, 2.24) is 24.1 Å². The van der Waals surface area contributed by atoms with Gasteiger partial charge in [-0.15, -0.1) is 0 Å². The van der Waals surface area contributed by atoms with Crippen molar-refractivity contribution < 1.29 is 13.2 Å². The lowest BCUT2D eigenvalue weighted by Crippen LogP contribution is -2.52. The Labute approximate surface area is 204 Å². The lowest BCUT2D eigenvalue weighted by Gasteiger charge is -2.34. The number of H-pyrrole nitrogens is 1. The lowest BCUT2D eigenvalue weighted by molar-refractivity contribution is -0.133. The van der Waals surface area contributed by atoms with E-state index in [0.717, 1.165) is 24.8 Å². The summed E-state index contributed by atoms with van der Waals surface area (Å²) in [6.45, 7) is 1.71. The molecule has 184 valence electrons. The molecular weight excluding hydrogens is 466 g/mol. The van der Waals surface area contributed by atoms with Gasteiger partial charge in [-0.25, -0.2) is 13.4 Å².